The molecule has 1 aromatic heterocycles. The van der Waals surface area contributed by atoms with Crippen molar-refractivity contribution < 1.29 is 14.7 Å². The number of carbonyl (C=O) groups is 2. The van der Waals surface area contributed by atoms with E-state index in [9.17, 15) is 9.59 Å². The lowest BCUT2D eigenvalue weighted by molar-refractivity contribution is -0.139. The lowest BCUT2D eigenvalue weighted by atomic mass is 9.74. The molecule has 2 amide bonds. The lowest BCUT2D eigenvalue weighted by Gasteiger charge is -2.42. The summed E-state index contributed by atoms with van der Waals surface area (Å²) in [5.74, 6) is -0.885. The van der Waals surface area contributed by atoms with Crippen LogP contribution in [0.5, 0.6) is 0 Å². The van der Waals surface area contributed by atoms with Gasteiger partial charge in [0.05, 0.1) is 23.8 Å². The number of rotatable bonds is 4. The van der Waals surface area contributed by atoms with Crippen LogP contribution >= 0.6 is 0 Å². The third kappa shape index (κ3) is 3.01. The number of carbonyl (C=O) groups excluding carboxylic acids is 1. The SMILES string of the molecule is CN(C(=O)NC1(CC(=O)O)CCC1)c1cccnc1. The fourth-order valence-corrected chi connectivity index (χ4v) is 2.22. The second-order valence-electron chi connectivity index (χ2n) is 4.90. The van der Waals surface area contributed by atoms with Crippen LogP contribution in [0.1, 0.15) is 25.7 Å². The normalized spacial score (nSPS) is 16.3. The first-order valence-electron chi connectivity index (χ1n) is 6.20. The Kier molecular flexibility index (Phi) is 3.69. The minimum atomic E-state index is -0.885. The molecular weight excluding hydrogens is 246 g/mol. The molecule has 6 nitrogen and oxygen atoms in total. The second-order valence-corrected chi connectivity index (χ2v) is 4.90. The van der Waals surface area contributed by atoms with E-state index < -0.39 is 11.5 Å². The highest BCUT2D eigenvalue weighted by Gasteiger charge is 2.41. The highest BCUT2D eigenvalue weighted by molar-refractivity contribution is 5.92. The zero-order chi connectivity index (χ0) is 13.9. The summed E-state index contributed by atoms with van der Waals surface area (Å²) in [6.07, 6.45) is 5.57. The van der Waals surface area contributed by atoms with Gasteiger partial charge in [0, 0.05) is 13.2 Å². The molecule has 0 atom stereocenters. The minimum absolute atomic E-state index is 0.0282. The van der Waals surface area contributed by atoms with Gasteiger partial charge in [-0.15, -0.1) is 0 Å². The molecule has 102 valence electrons. The Hall–Kier alpha value is -2.11. The van der Waals surface area contributed by atoms with Gasteiger partial charge in [0.2, 0.25) is 0 Å². The Morgan fingerprint density at radius 3 is 2.74 bits per heavy atom. The van der Waals surface area contributed by atoms with Gasteiger partial charge in [0.15, 0.2) is 0 Å². The largest absolute Gasteiger partial charge is 0.481 e. The average molecular weight is 263 g/mol. The Morgan fingerprint density at radius 1 is 1.53 bits per heavy atom. The number of aromatic nitrogens is 1. The molecule has 19 heavy (non-hydrogen) atoms. The van der Waals surface area contributed by atoms with Crippen LogP contribution in [0, 0.1) is 0 Å². The molecule has 2 rings (SSSR count). The molecule has 0 radical (unpaired) electrons. The van der Waals surface area contributed by atoms with E-state index in [1.54, 1.807) is 31.6 Å². The van der Waals surface area contributed by atoms with Crippen molar-refractivity contribution in [3.63, 3.8) is 0 Å². The third-order valence-corrected chi connectivity index (χ3v) is 3.51. The van der Waals surface area contributed by atoms with Gasteiger partial charge in [-0.25, -0.2) is 4.79 Å². The maximum Gasteiger partial charge on any atom is 0.322 e. The maximum absolute atomic E-state index is 12.1. The molecular formula is C13H17N3O3. The predicted molar refractivity (Wildman–Crippen MR) is 70.0 cm³/mol. The predicted octanol–water partition coefficient (Wildman–Crippen LogP) is 1.62. The number of hydrogen-bond acceptors (Lipinski definition) is 3. The van der Waals surface area contributed by atoms with Crippen LogP contribution in [0.3, 0.4) is 0 Å². The van der Waals surface area contributed by atoms with Crippen LogP contribution < -0.4 is 10.2 Å². The summed E-state index contributed by atoms with van der Waals surface area (Å²) in [7, 11) is 1.64. The number of anilines is 1. The molecule has 1 fully saturated rings. The van der Waals surface area contributed by atoms with E-state index in [2.05, 4.69) is 10.3 Å². The van der Waals surface area contributed by atoms with E-state index in [0.717, 1.165) is 6.42 Å². The first-order chi connectivity index (χ1) is 9.02. The number of carboxylic acids is 1. The molecule has 6 heteroatoms. The number of amides is 2. The summed E-state index contributed by atoms with van der Waals surface area (Å²) in [6.45, 7) is 0. The Morgan fingerprint density at radius 2 is 2.26 bits per heavy atom. The summed E-state index contributed by atoms with van der Waals surface area (Å²) in [5, 5.41) is 11.7. The minimum Gasteiger partial charge on any atom is -0.481 e. The number of nitrogens with one attached hydrogen (secondary N) is 1. The first kappa shape index (κ1) is 13.3. The van der Waals surface area contributed by atoms with Crippen molar-refractivity contribution in [1.29, 1.82) is 0 Å². The molecule has 1 saturated carbocycles. The number of pyridine rings is 1. The molecule has 1 heterocycles. The maximum atomic E-state index is 12.1. The highest BCUT2D eigenvalue weighted by atomic mass is 16.4. The molecule has 2 N–H and O–H groups in total. The second kappa shape index (κ2) is 5.26. The van der Waals surface area contributed by atoms with Crippen molar-refractivity contribution in [1.82, 2.24) is 10.3 Å². The summed E-state index contributed by atoms with van der Waals surface area (Å²) in [4.78, 5) is 28.4. The molecule has 0 bridgehead atoms. The van der Waals surface area contributed by atoms with Gasteiger partial charge in [-0.3, -0.25) is 14.7 Å². The number of carboxylic acid groups (broad SMARTS) is 1. The molecule has 0 spiro atoms. The molecule has 0 saturated heterocycles. The van der Waals surface area contributed by atoms with Gasteiger partial charge in [0.25, 0.3) is 0 Å². The molecule has 1 aliphatic rings. The van der Waals surface area contributed by atoms with Crippen LogP contribution in [0.15, 0.2) is 24.5 Å². The van der Waals surface area contributed by atoms with E-state index in [1.807, 2.05) is 0 Å². The van der Waals surface area contributed by atoms with E-state index in [4.69, 9.17) is 5.11 Å². The van der Waals surface area contributed by atoms with Crippen molar-refractivity contribution >= 4 is 17.7 Å². The van der Waals surface area contributed by atoms with E-state index >= 15 is 0 Å². The monoisotopic (exact) mass is 263 g/mol. The first-order valence-corrected chi connectivity index (χ1v) is 6.20. The number of nitrogens with zero attached hydrogens (tertiary/aromatic N) is 2. The summed E-state index contributed by atoms with van der Waals surface area (Å²) in [5.41, 5.74) is 0.0872. The molecule has 0 aromatic carbocycles. The zero-order valence-corrected chi connectivity index (χ0v) is 10.8. The third-order valence-electron chi connectivity index (χ3n) is 3.51. The van der Waals surface area contributed by atoms with Gasteiger partial charge in [-0.05, 0) is 31.4 Å². The van der Waals surface area contributed by atoms with Gasteiger partial charge in [0.1, 0.15) is 0 Å². The Bertz CT molecular complexity index is 471. The van der Waals surface area contributed by atoms with E-state index in [-0.39, 0.29) is 12.5 Å². The van der Waals surface area contributed by atoms with Crippen molar-refractivity contribution in [2.75, 3.05) is 11.9 Å². The smallest absolute Gasteiger partial charge is 0.322 e. The van der Waals surface area contributed by atoms with Crippen LogP contribution in [0.25, 0.3) is 0 Å². The van der Waals surface area contributed by atoms with Crippen LogP contribution in [-0.4, -0.2) is 34.7 Å². The molecule has 0 aliphatic heterocycles. The molecule has 1 aromatic rings. The van der Waals surface area contributed by atoms with E-state index in [1.165, 1.54) is 4.90 Å². The number of hydrogen-bond donors (Lipinski definition) is 2. The molecule has 1 aliphatic carbocycles. The Labute approximate surface area is 111 Å². The van der Waals surface area contributed by atoms with Crippen molar-refractivity contribution in [3.05, 3.63) is 24.5 Å². The van der Waals surface area contributed by atoms with Gasteiger partial charge < -0.3 is 10.4 Å². The quantitative estimate of drug-likeness (QED) is 0.864. The van der Waals surface area contributed by atoms with E-state index in [0.29, 0.717) is 18.5 Å². The van der Waals surface area contributed by atoms with Gasteiger partial charge >= 0.3 is 12.0 Å². The summed E-state index contributed by atoms with van der Waals surface area (Å²) < 4.78 is 0. The van der Waals surface area contributed by atoms with Crippen LogP contribution in [0.4, 0.5) is 10.5 Å². The topological polar surface area (TPSA) is 82.5 Å². The van der Waals surface area contributed by atoms with Crippen molar-refractivity contribution in [2.45, 2.75) is 31.2 Å². The zero-order valence-electron chi connectivity index (χ0n) is 10.8. The number of urea groups is 1. The van der Waals surface area contributed by atoms with Crippen molar-refractivity contribution in [2.24, 2.45) is 0 Å². The Balaban J connectivity index is 2.02. The average Bonchev–Trinajstić information content (AvgIpc) is 2.35. The number of aliphatic carboxylic acids is 1. The summed E-state index contributed by atoms with van der Waals surface area (Å²) >= 11 is 0. The fourth-order valence-electron chi connectivity index (χ4n) is 2.22. The standard InChI is InChI=1S/C13H17N3O3/c1-16(10-4-2-7-14-9-10)12(19)15-13(5-3-6-13)8-11(17)18/h2,4,7,9H,3,5-6,8H2,1H3,(H,15,19)(H,17,18). The van der Waals surface area contributed by atoms with Crippen molar-refractivity contribution in [3.8, 4) is 0 Å². The fraction of sp³-hybridized carbons (Fsp3) is 0.462. The highest BCUT2D eigenvalue weighted by Crippen LogP contribution is 2.35. The van der Waals surface area contributed by atoms with Crippen LogP contribution in [-0.2, 0) is 4.79 Å². The van der Waals surface area contributed by atoms with Gasteiger partial charge in [-0.2, -0.15) is 0 Å². The molecule has 0 unspecified atom stereocenters. The summed E-state index contributed by atoms with van der Waals surface area (Å²) in [6, 6.07) is 3.22. The van der Waals surface area contributed by atoms with Crippen LogP contribution in [0.2, 0.25) is 0 Å². The van der Waals surface area contributed by atoms with Gasteiger partial charge in [-0.1, -0.05) is 0 Å². The lowest BCUT2D eigenvalue weighted by Crippen LogP contribution is -2.57.